The number of aromatic carboxylic acids is 2. The van der Waals surface area contributed by atoms with Gasteiger partial charge in [-0.15, -0.1) is 0 Å². The molecular weight excluding hydrogens is 206 g/mol. The maximum absolute atomic E-state index is 10.6. The van der Waals surface area contributed by atoms with Crippen molar-refractivity contribution in [2.75, 3.05) is 5.73 Å². The van der Waals surface area contributed by atoms with Crippen molar-refractivity contribution in [2.45, 2.75) is 0 Å². The lowest BCUT2D eigenvalue weighted by molar-refractivity contribution is 0.0676. The Kier molecular flexibility index (Phi) is 2.39. The minimum absolute atomic E-state index is 0.622. The minimum atomic E-state index is -1.56. The molecule has 80 valence electrons. The molecule has 0 amide bonds. The van der Waals surface area contributed by atoms with Crippen LogP contribution in [0, 0.1) is 0 Å². The van der Waals surface area contributed by atoms with E-state index in [9.17, 15) is 19.8 Å². The first-order valence-corrected chi connectivity index (χ1v) is 3.67. The van der Waals surface area contributed by atoms with Gasteiger partial charge < -0.3 is 26.2 Å². The Bertz CT molecular complexity index is 453. The second kappa shape index (κ2) is 3.37. The maximum atomic E-state index is 10.6. The van der Waals surface area contributed by atoms with E-state index in [1.807, 2.05) is 0 Å². The van der Waals surface area contributed by atoms with Crippen molar-refractivity contribution in [2.24, 2.45) is 0 Å². The van der Waals surface area contributed by atoms with E-state index in [-0.39, 0.29) is 0 Å². The average molecular weight is 213 g/mol. The van der Waals surface area contributed by atoms with Gasteiger partial charge in [0, 0.05) is 0 Å². The Balaban J connectivity index is 3.58. The van der Waals surface area contributed by atoms with Gasteiger partial charge in [0.1, 0.15) is 16.9 Å². The molecule has 7 heteroatoms. The standard InChI is InChI=1S/C8H7NO6/c9-5-4(8(14)15)3(10)1-2(6(5)11)7(12)13/h1,10-11H,9H2,(H,12,13)(H,14,15). The Hall–Kier alpha value is -2.44. The van der Waals surface area contributed by atoms with Crippen molar-refractivity contribution in [3.63, 3.8) is 0 Å². The normalized spacial score (nSPS) is 9.87. The first-order valence-electron chi connectivity index (χ1n) is 3.67. The number of anilines is 1. The molecular formula is C8H7NO6. The molecule has 0 aliphatic rings. The van der Waals surface area contributed by atoms with Crippen LogP contribution >= 0.6 is 0 Å². The smallest absolute Gasteiger partial charge is 0.341 e. The van der Waals surface area contributed by atoms with Crippen molar-refractivity contribution in [3.05, 3.63) is 17.2 Å². The number of nitrogen functional groups attached to an aromatic ring is 1. The summed E-state index contributed by atoms with van der Waals surface area (Å²) < 4.78 is 0. The Morgan fingerprint density at radius 3 is 2.07 bits per heavy atom. The van der Waals surface area contributed by atoms with Crippen molar-refractivity contribution < 1.29 is 30.0 Å². The highest BCUT2D eigenvalue weighted by Gasteiger charge is 2.23. The summed E-state index contributed by atoms with van der Waals surface area (Å²) in [5.74, 6) is -4.77. The summed E-state index contributed by atoms with van der Waals surface area (Å²) in [5.41, 5.74) is 3.11. The number of benzene rings is 1. The number of carboxylic acid groups (broad SMARTS) is 2. The molecule has 0 fully saturated rings. The number of hydrogen-bond acceptors (Lipinski definition) is 5. The second-order valence-electron chi connectivity index (χ2n) is 2.69. The molecule has 7 nitrogen and oxygen atoms in total. The van der Waals surface area contributed by atoms with Crippen LogP contribution in [0.4, 0.5) is 5.69 Å². The SMILES string of the molecule is Nc1c(O)c(C(=O)O)cc(O)c1C(=O)O. The van der Waals surface area contributed by atoms with Crippen molar-refractivity contribution in [1.82, 2.24) is 0 Å². The summed E-state index contributed by atoms with van der Waals surface area (Å²) in [6.07, 6.45) is 0. The topological polar surface area (TPSA) is 141 Å². The van der Waals surface area contributed by atoms with Crippen LogP contribution in [-0.2, 0) is 0 Å². The number of carbonyl (C=O) groups is 2. The predicted octanol–water partition coefficient (Wildman–Crippen LogP) is 0.0764. The van der Waals surface area contributed by atoms with E-state index in [0.29, 0.717) is 6.07 Å². The highest BCUT2D eigenvalue weighted by Crippen LogP contribution is 2.35. The third kappa shape index (κ3) is 1.62. The van der Waals surface area contributed by atoms with Gasteiger partial charge in [-0.05, 0) is 6.07 Å². The Morgan fingerprint density at radius 1 is 1.13 bits per heavy atom. The van der Waals surface area contributed by atoms with Crippen LogP contribution in [0.3, 0.4) is 0 Å². The monoisotopic (exact) mass is 213 g/mol. The lowest BCUT2D eigenvalue weighted by Crippen LogP contribution is -2.07. The second-order valence-corrected chi connectivity index (χ2v) is 2.69. The number of carboxylic acids is 2. The zero-order valence-electron chi connectivity index (χ0n) is 7.26. The molecule has 0 saturated carbocycles. The number of hydrogen-bond donors (Lipinski definition) is 5. The predicted molar refractivity (Wildman–Crippen MR) is 48.1 cm³/mol. The largest absolute Gasteiger partial charge is 0.507 e. The fraction of sp³-hybridized carbons (Fsp3) is 0. The first kappa shape index (κ1) is 10.6. The van der Waals surface area contributed by atoms with E-state index in [1.165, 1.54) is 0 Å². The van der Waals surface area contributed by atoms with Crippen LogP contribution in [0.1, 0.15) is 20.7 Å². The van der Waals surface area contributed by atoms with Crippen LogP contribution in [0.15, 0.2) is 6.07 Å². The molecule has 0 aromatic heterocycles. The maximum Gasteiger partial charge on any atom is 0.341 e. The molecule has 1 aromatic rings. The first-order chi connectivity index (χ1) is 6.86. The van der Waals surface area contributed by atoms with Gasteiger partial charge >= 0.3 is 11.9 Å². The number of nitrogens with two attached hydrogens (primary N) is 1. The summed E-state index contributed by atoms with van der Waals surface area (Å²) in [5, 5.41) is 35.6. The van der Waals surface area contributed by atoms with E-state index < -0.39 is 40.3 Å². The quantitative estimate of drug-likeness (QED) is 0.266. The zero-order chi connectivity index (χ0) is 11.7. The molecule has 6 N–H and O–H groups in total. The third-order valence-electron chi connectivity index (χ3n) is 1.76. The van der Waals surface area contributed by atoms with Gasteiger partial charge in [0.2, 0.25) is 0 Å². The Labute approximate surface area is 83.0 Å². The van der Waals surface area contributed by atoms with E-state index >= 15 is 0 Å². The van der Waals surface area contributed by atoms with Gasteiger partial charge in [0.15, 0.2) is 5.75 Å². The highest BCUT2D eigenvalue weighted by atomic mass is 16.4. The van der Waals surface area contributed by atoms with Gasteiger partial charge in [0.05, 0.1) is 5.69 Å². The summed E-state index contributed by atoms with van der Waals surface area (Å²) in [6.45, 7) is 0. The van der Waals surface area contributed by atoms with Crippen LogP contribution in [-0.4, -0.2) is 32.4 Å². The van der Waals surface area contributed by atoms with E-state index in [4.69, 9.17) is 15.9 Å². The van der Waals surface area contributed by atoms with Crippen LogP contribution in [0.2, 0.25) is 0 Å². The van der Waals surface area contributed by atoms with Gasteiger partial charge in [-0.25, -0.2) is 9.59 Å². The summed E-state index contributed by atoms with van der Waals surface area (Å²) in [7, 11) is 0. The summed E-state index contributed by atoms with van der Waals surface area (Å²) in [6, 6.07) is 0.622. The van der Waals surface area contributed by atoms with Gasteiger partial charge in [-0.2, -0.15) is 0 Å². The van der Waals surface area contributed by atoms with Crippen LogP contribution in [0.5, 0.6) is 11.5 Å². The average Bonchev–Trinajstić information content (AvgIpc) is 2.10. The molecule has 0 unspecified atom stereocenters. The molecule has 0 radical (unpaired) electrons. The highest BCUT2D eigenvalue weighted by molar-refractivity contribution is 6.03. The van der Waals surface area contributed by atoms with Gasteiger partial charge in [0.25, 0.3) is 0 Å². The van der Waals surface area contributed by atoms with E-state index in [0.717, 1.165) is 0 Å². The molecule has 1 rings (SSSR count). The van der Waals surface area contributed by atoms with Crippen molar-refractivity contribution in [1.29, 1.82) is 0 Å². The minimum Gasteiger partial charge on any atom is -0.507 e. The van der Waals surface area contributed by atoms with Crippen molar-refractivity contribution >= 4 is 17.6 Å². The number of phenols is 2. The molecule has 1 aromatic carbocycles. The molecule has 0 bridgehead atoms. The molecule has 0 aliphatic heterocycles. The van der Waals surface area contributed by atoms with Crippen LogP contribution in [0.25, 0.3) is 0 Å². The molecule has 0 saturated heterocycles. The van der Waals surface area contributed by atoms with Gasteiger partial charge in [-0.3, -0.25) is 0 Å². The molecule has 0 heterocycles. The van der Waals surface area contributed by atoms with Crippen molar-refractivity contribution in [3.8, 4) is 11.5 Å². The lowest BCUT2D eigenvalue weighted by Gasteiger charge is -2.08. The van der Waals surface area contributed by atoms with E-state index in [2.05, 4.69) is 0 Å². The molecule has 0 atom stereocenters. The molecule has 0 aliphatic carbocycles. The Morgan fingerprint density at radius 2 is 1.67 bits per heavy atom. The molecule has 0 spiro atoms. The third-order valence-corrected chi connectivity index (χ3v) is 1.76. The zero-order valence-corrected chi connectivity index (χ0v) is 7.26. The van der Waals surface area contributed by atoms with E-state index in [1.54, 1.807) is 0 Å². The lowest BCUT2D eigenvalue weighted by atomic mass is 10.1. The summed E-state index contributed by atoms with van der Waals surface area (Å²) in [4.78, 5) is 21.1. The molecule has 15 heavy (non-hydrogen) atoms. The fourth-order valence-electron chi connectivity index (χ4n) is 1.07. The van der Waals surface area contributed by atoms with Crippen LogP contribution < -0.4 is 5.73 Å². The van der Waals surface area contributed by atoms with Gasteiger partial charge in [-0.1, -0.05) is 0 Å². The summed E-state index contributed by atoms with van der Waals surface area (Å²) >= 11 is 0. The fourth-order valence-corrected chi connectivity index (χ4v) is 1.07. The number of aromatic hydroxyl groups is 2. The number of rotatable bonds is 2.